The number of ketones is 1. The Morgan fingerprint density at radius 3 is 2.34 bits per heavy atom. The Bertz CT molecular complexity index is 1400. The average Bonchev–Trinajstić information content (AvgIpc) is 2.96. The third-order valence-corrected chi connectivity index (χ3v) is 7.63. The average molecular weight is 566 g/mol. The number of pyridine rings is 1. The third-order valence-electron chi connectivity index (χ3n) is 7.63. The highest BCUT2D eigenvalue weighted by Gasteiger charge is 2.44. The molecule has 1 unspecified atom stereocenters. The van der Waals surface area contributed by atoms with Crippen LogP contribution in [0, 0.1) is 5.41 Å². The molecule has 0 aliphatic carbocycles. The van der Waals surface area contributed by atoms with Gasteiger partial charge in [-0.1, -0.05) is 44.2 Å². The Kier molecular flexibility index (Phi) is 8.20. The number of hydrogen-bond acceptors (Lipinski definition) is 6. The summed E-state index contributed by atoms with van der Waals surface area (Å²) >= 11 is 0. The Labute approximate surface area is 238 Å². The Hall–Kier alpha value is -3.69. The summed E-state index contributed by atoms with van der Waals surface area (Å²) in [5, 5.41) is 0. The second-order valence-electron chi connectivity index (χ2n) is 11.1. The maximum Gasteiger partial charge on any atom is 0.416 e. The molecule has 216 valence electrons. The van der Waals surface area contributed by atoms with E-state index in [1.54, 1.807) is 13.2 Å². The fourth-order valence-electron chi connectivity index (χ4n) is 5.53. The van der Waals surface area contributed by atoms with Crippen LogP contribution < -0.4 is 9.64 Å². The summed E-state index contributed by atoms with van der Waals surface area (Å²) in [4.78, 5) is 23.1. The smallest absolute Gasteiger partial charge is 0.416 e. The minimum atomic E-state index is -4.45. The monoisotopic (exact) mass is 565 g/mol. The first kappa shape index (κ1) is 28.8. The molecule has 6 nitrogen and oxygen atoms in total. The van der Waals surface area contributed by atoms with E-state index in [1.807, 2.05) is 56.3 Å². The van der Waals surface area contributed by atoms with Gasteiger partial charge in [0.05, 0.1) is 37.6 Å². The van der Waals surface area contributed by atoms with E-state index in [0.29, 0.717) is 43.1 Å². The largest absolute Gasteiger partial charge is 0.497 e. The Morgan fingerprint density at radius 2 is 1.71 bits per heavy atom. The number of benzene rings is 2. The molecule has 0 saturated carbocycles. The lowest BCUT2D eigenvalue weighted by Crippen LogP contribution is -2.49. The number of carbonyl (C=O) groups excluding carboxylic acids is 1. The molecule has 2 aromatic carbocycles. The van der Waals surface area contributed by atoms with E-state index in [4.69, 9.17) is 14.5 Å². The summed E-state index contributed by atoms with van der Waals surface area (Å²) < 4.78 is 51.0. The van der Waals surface area contributed by atoms with Gasteiger partial charge in [0.1, 0.15) is 11.6 Å². The first-order valence-corrected chi connectivity index (χ1v) is 13.7. The SMILES string of the molecule is COc1ccc(CN2CC(C)(C)C(=O)C(=Cc3cccc(N4CCOCC4)n3)C2c2ccc(C(F)(F)F)cc2)cc1. The van der Waals surface area contributed by atoms with Gasteiger partial charge in [0, 0.05) is 37.2 Å². The van der Waals surface area contributed by atoms with Crippen molar-refractivity contribution >= 4 is 17.7 Å². The highest BCUT2D eigenvalue weighted by molar-refractivity contribution is 6.05. The number of carbonyl (C=O) groups is 1. The van der Waals surface area contributed by atoms with Crippen LogP contribution in [0.15, 0.2) is 72.3 Å². The van der Waals surface area contributed by atoms with Crippen molar-refractivity contribution < 1.29 is 27.4 Å². The van der Waals surface area contributed by atoms with E-state index in [2.05, 4.69) is 9.80 Å². The number of nitrogens with zero attached hydrogens (tertiary/aromatic N) is 3. The van der Waals surface area contributed by atoms with Crippen LogP contribution in [0.25, 0.3) is 6.08 Å². The van der Waals surface area contributed by atoms with Crippen molar-refractivity contribution in [2.75, 3.05) is 44.9 Å². The van der Waals surface area contributed by atoms with E-state index in [1.165, 1.54) is 12.1 Å². The predicted molar refractivity (Wildman–Crippen MR) is 152 cm³/mol. The van der Waals surface area contributed by atoms with Crippen LogP contribution in [0.3, 0.4) is 0 Å². The topological polar surface area (TPSA) is 54.9 Å². The van der Waals surface area contributed by atoms with E-state index in [-0.39, 0.29) is 5.78 Å². The number of Topliss-reactive ketones (excluding diaryl/α,β-unsaturated/α-hetero) is 1. The number of ether oxygens (including phenoxy) is 2. The van der Waals surface area contributed by atoms with Crippen LogP contribution in [-0.4, -0.2) is 55.6 Å². The predicted octanol–water partition coefficient (Wildman–Crippen LogP) is 6.18. The van der Waals surface area contributed by atoms with E-state index < -0.39 is 23.2 Å². The van der Waals surface area contributed by atoms with Gasteiger partial charge in [0.25, 0.3) is 0 Å². The van der Waals surface area contributed by atoms with Gasteiger partial charge in [0.15, 0.2) is 5.78 Å². The molecule has 5 rings (SSSR count). The molecule has 0 bridgehead atoms. The number of anilines is 1. The highest BCUT2D eigenvalue weighted by atomic mass is 19.4. The maximum absolute atomic E-state index is 14.0. The number of halogens is 3. The minimum Gasteiger partial charge on any atom is -0.497 e. The van der Waals surface area contributed by atoms with Gasteiger partial charge in [-0.2, -0.15) is 13.2 Å². The third kappa shape index (κ3) is 6.47. The minimum absolute atomic E-state index is 0.0491. The number of alkyl halides is 3. The van der Waals surface area contributed by atoms with E-state index >= 15 is 0 Å². The molecule has 0 amide bonds. The molecular weight excluding hydrogens is 531 g/mol. The number of hydrogen-bond donors (Lipinski definition) is 0. The summed E-state index contributed by atoms with van der Waals surface area (Å²) in [6.07, 6.45) is -2.65. The molecule has 0 radical (unpaired) electrons. The van der Waals surface area contributed by atoms with Crippen LogP contribution in [0.5, 0.6) is 5.75 Å². The standard InChI is InChI=1S/C32H34F3N3O3/c1-31(2)21-38(20-22-7-13-26(40-3)14-8-22)29(23-9-11-24(12-10-23)32(33,34)35)27(30(31)39)19-25-5-4-6-28(36-25)37-15-17-41-18-16-37/h4-14,19,29H,15-18,20-21H2,1-3H3. The van der Waals surface area contributed by atoms with Crippen molar-refractivity contribution in [2.24, 2.45) is 5.41 Å². The fourth-order valence-corrected chi connectivity index (χ4v) is 5.53. The summed E-state index contributed by atoms with van der Waals surface area (Å²) in [7, 11) is 1.60. The lowest BCUT2D eigenvalue weighted by atomic mass is 9.74. The number of aromatic nitrogens is 1. The molecule has 2 fully saturated rings. The van der Waals surface area contributed by atoms with Crippen LogP contribution >= 0.6 is 0 Å². The van der Waals surface area contributed by atoms with Crippen molar-refractivity contribution in [2.45, 2.75) is 32.6 Å². The molecule has 2 aliphatic heterocycles. The van der Waals surface area contributed by atoms with Gasteiger partial charge in [-0.3, -0.25) is 9.69 Å². The molecule has 1 aromatic heterocycles. The van der Waals surface area contributed by atoms with Crippen molar-refractivity contribution in [1.29, 1.82) is 0 Å². The molecule has 41 heavy (non-hydrogen) atoms. The highest BCUT2D eigenvalue weighted by Crippen LogP contribution is 2.43. The molecule has 2 saturated heterocycles. The first-order chi connectivity index (χ1) is 19.5. The van der Waals surface area contributed by atoms with Crippen molar-refractivity contribution in [3.05, 3.63) is 94.7 Å². The van der Waals surface area contributed by atoms with Gasteiger partial charge in [-0.05, 0) is 53.6 Å². The summed E-state index contributed by atoms with van der Waals surface area (Å²) in [5.74, 6) is 1.48. The number of methoxy groups -OCH3 is 1. The number of likely N-dealkylation sites (tertiary alicyclic amines) is 1. The van der Waals surface area contributed by atoms with Crippen LogP contribution in [0.4, 0.5) is 19.0 Å². The van der Waals surface area contributed by atoms with Crippen LogP contribution in [0.2, 0.25) is 0 Å². The normalized spacial score (nSPS) is 20.8. The molecule has 9 heteroatoms. The molecule has 2 aliphatic rings. The summed E-state index contributed by atoms with van der Waals surface area (Å²) in [5.41, 5.74) is 1.29. The maximum atomic E-state index is 14.0. The molecule has 0 N–H and O–H groups in total. The Balaban J connectivity index is 1.58. The lowest BCUT2D eigenvalue weighted by Gasteiger charge is -2.44. The number of piperidine rings is 1. The van der Waals surface area contributed by atoms with Crippen LogP contribution in [-0.2, 0) is 22.3 Å². The second-order valence-corrected chi connectivity index (χ2v) is 11.1. The summed E-state index contributed by atoms with van der Waals surface area (Å²) in [6.45, 7) is 7.43. The zero-order valence-electron chi connectivity index (χ0n) is 23.4. The van der Waals surface area contributed by atoms with Gasteiger partial charge >= 0.3 is 6.18 Å². The fraction of sp³-hybridized carbons (Fsp3) is 0.375. The van der Waals surface area contributed by atoms with Crippen molar-refractivity contribution in [3.8, 4) is 5.75 Å². The van der Waals surface area contributed by atoms with E-state index in [9.17, 15) is 18.0 Å². The first-order valence-electron chi connectivity index (χ1n) is 13.7. The molecule has 1 atom stereocenters. The van der Waals surface area contributed by atoms with Gasteiger partial charge in [-0.15, -0.1) is 0 Å². The zero-order chi connectivity index (χ0) is 29.2. The Morgan fingerprint density at radius 1 is 1.02 bits per heavy atom. The second kappa shape index (κ2) is 11.7. The van der Waals surface area contributed by atoms with Gasteiger partial charge in [0.2, 0.25) is 0 Å². The van der Waals surface area contributed by atoms with E-state index in [0.717, 1.165) is 42.4 Å². The quantitative estimate of drug-likeness (QED) is 0.333. The van der Waals surface area contributed by atoms with Crippen LogP contribution in [0.1, 0.15) is 42.3 Å². The van der Waals surface area contributed by atoms with Gasteiger partial charge < -0.3 is 14.4 Å². The lowest BCUT2D eigenvalue weighted by molar-refractivity contribution is -0.137. The molecule has 0 spiro atoms. The van der Waals surface area contributed by atoms with Gasteiger partial charge in [-0.25, -0.2) is 4.98 Å². The van der Waals surface area contributed by atoms with Crippen molar-refractivity contribution in [3.63, 3.8) is 0 Å². The molecular formula is C32H34F3N3O3. The summed E-state index contributed by atoms with van der Waals surface area (Å²) in [6, 6.07) is 17.9. The van der Waals surface area contributed by atoms with Crippen molar-refractivity contribution in [1.82, 2.24) is 9.88 Å². The zero-order valence-corrected chi connectivity index (χ0v) is 23.4. The number of rotatable bonds is 6. The number of morpholine rings is 1. The molecule has 3 heterocycles. The molecule has 3 aromatic rings.